The highest BCUT2D eigenvalue weighted by molar-refractivity contribution is 9.10. The zero-order chi connectivity index (χ0) is 19.6. The lowest BCUT2D eigenvalue weighted by molar-refractivity contribution is 0.256. The lowest BCUT2D eigenvalue weighted by atomic mass is 10.3. The Kier molecular flexibility index (Phi) is 5.39. The Labute approximate surface area is 172 Å². The third-order valence-corrected chi connectivity index (χ3v) is 6.65. The van der Waals surface area contributed by atoms with E-state index in [0.717, 1.165) is 0 Å². The van der Waals surface area contributed by atoms with Crippen molar-refractivity contribution < 1.29 is 17.9 Å². The van der Waals surface area contributed by atoms with Crippen LogP contribution in [0.15, 0.2) is 88.2 Å². The molecule has 144 valence electrons. The zero-order valence-electron chi connectivity index (χ0n) is 14.9. The molecule has 0 spiro atoms. The van der Waals surface area contributed by atoms with Crippen LogP contribution in [0.25, 0.3) is 0 Å². The Balaban J connectivity index is 1.83. The van der Waals surface area contributed by atoms with E-state index in [1.165, 1.54) is 4.31 Å². The summed E-state index contributed by atoms with van der Waals surface area (Å²) in [5.74, 6) is 0.287. The molecule has 0 aliphatic carbocycles. The lowest BCUT2D eigenvalue weighted by Gasteiger charge is -2.26. The van der Waals surface area contributed by atoms with Gasteiger partial charge in [0.15, 0.2) is 5.75 Å². The molecule has 5 nitrogen and oxygen atoms in total. The van der Waals surface area contributed by atoms with E-state index in [1.807, 2.05) is 36.4 Å². The Morgan fingerprint density at radius 1 is 0.929 bits per heavy atom. The monoisotopic (exact) mass is 459 g/mol. The first kappa shape index (κ1) is 19.0. The summed E-state index contributed by atoms with van der Waals surface area (Å²) in [4.78, 5) is 0.0928. The second-order valence-corrected chi connectivity index (χ2v) is 8.88. The van der Waals surface area contributed by atoms with E-state index < -0.39 is 10.0 Å². The number of sulfonamides is 1. The van der Waals surface area contributed by atoms with Gasteiger partial charge in [-0.1, -0.05) is 42.5 Å². The van der Waals surface area contributed by atoms with Gasteiger partial charge in [0.2, 0.25) is 0 Å². The molecule has 3 aromatic rings. The summed E-state index contributed by atoms with van der Waals surface area (Å²) in [5.41, 5.74) is 1.09. The Morgan fingerprint density at radius 2 is 1.50 bits per heavy atom. The summed E-state index contributed by atoms with van der Waals surface area (Å²) in [6, 6.07) is 23.0. The molecule has 1 fully saturated rings. The molecule has 0 aromatic heterocycles. The van der Waals surface area contributed by atoms with E-state index in [9.17, 15) is 8.42 Å². The second-order valence-electron chi connectivity index (χ2n) is 6.27. The van der Waals surface area contributed by atoms with E-state index in [2.05, 4.69) is 15.9 Å². The number of hydrogen-bond donors (Lipinski definition) is 0. The molecule has 3 aromatic carbocycles. The standard InChI is InChI=1S/C21H18BrNO4S/c22-19-12-7-13-20(21(19)27-15-18-14-26-18)28(24,25)23(16-8-3-1-4-9-16)17-10-5-2-6-11-17/h1-13,18H,14-15H2. The SMILES string of the molecule is O=S(=O)(c1cccc(Br)c1OCC1CO1)N(c1ccccc1)c1ccccc1. The largest absolute Gasteiger partial charge is 0.488 e. The molecule has 1 saturated heterocycles. The molecule has 0 saturated carbocycles. The molecule has 0 radical (unpaired) electrons. The van der Waals surface area contributed by atoms with Gasteiger partial charge in [0.1, 0.15) is 17.6 Å². The normalized spacial score (nSPS) is 15.8. The summed E-state index contributed by atoms with van der Waals surface area (Å²) >= 11 is 3.42. The summed E-state index contributed by atoms with van der Waals surface area (Å²) in [6.45, 7) is 0.939. The van der Waals surface area contributed by atoms with Gasteiger partial charge in [-0.05, 0) is 52.3 Å². The van der Waals surface area contributed by atoms with E-state index in [-0.39, 0.29) is 16.7 Å². The number of hydrogen-bond acceptors (Lipinski definition) is 4. The Morgan fingerprint density at radius 3 is 2.04 bits per heavy atom. The van der Waals surface area contributed by atoms with Crippen molar-refractivity contribution in [1.82, 2.24) is 0 Å². The van der Waals surface area contributed by atoms with Crippen LogP contribution in [-0.2, 0) is 14.8 Å². The summed E-state index contributed by atoms with van der Waals surface area (Å²) in [6.07, 6.45) is 0.0157. The zero-order valence-corrected chi connectivity index (χ0v) is 17.3. The first-order valence-electron chi connectivity index (χ1n) is 8.76. The highest BCUT2D eigenvalue weighted by Gasteiger charge is 2.32. The van der Waals surface area contributed by atoms with Gasteiger partial charge in [0.25, 0.3) is 10.0 Å². The molecular weight excluding hydrogens is 442 g/mol. The van der Waals surface area contributed by atoms with Crippen molar-refractivity contribution >= 4 is 37.3 Å². The Bertz CT molecular complexity index is 1010. The first-order chi connectivity index (χ1) is 13.6. The highest BCUT2D eigenvalue weighted by Crippen LogP contribution is 2.39. The van der Waals surface area contributed by atoms with Gasteiger partial charge < -0.3 is 9.47 Å². The molecule has 1 aliphatic rings. The third kappa shape index (κ3) is 3.92. The number of rotatable bonds is 7. The van der Waals surface area contributed by atoms with Crippen molar-refractivity contribution in [3.05, 3.63) is 83.3 Å². The number of anilines is 2. The van der Waals surface area contributed by atoms with Crippen LogP contribution in [-0.4, -0.2) is 27.7 Å². The average Bonchev–Trinajstić information content (AvgIpc) is 3.53. The van der Waals surface area contributed by atoms with Crippen LogP contribution in [0.2, 0.25) is 0 Å². The van der Waals surface area contributed by atoms with Crippen LogP contribution in [0.5, 0.6) is 5.75 Å². The molecule has 0 bridgehead atoms. The number of benzene rings is 3. The van der Waals surface area contributed by atoms with Gasteiger partial charge in [0, 0.05) is 0 Å². The molecule has 4 rings (SSSR count). The molecular formula is C21H18BrNO4S. The van der Waals surface area contributed by atoms with E-state index >= 15 is 0 Å². The van der Waals surface area contributed by atoms with E-state index in [0.29, 0.717) is 29.1 Å². The van der Waals surface area contributed by atoms with Crippen LogP contribution in [0, 0.1) is 0 Å². The van der Waals surface area contributed by atoms with E-state index in [4.69, 9.17) is 9.47 Å². The molecule has 1 atom stereocenters. The van der Waals surface area contributed by atoms with Crippen LogP contribution >= 0.6 is 15.9 Å². The molecule has 0 N–H and O–H groups in total. The molecule has 1 aliphatic heterocycles. The van der Waals surface area contributed by atoms with Gasteiger partial charge in [-0.3, -0.25) is 0 Å². The fourth-order valence-corrected chi connectivity index (χ4v) is 5.09. The maximum absolute atomic E-state index is 13.8. The fraction of sp³-hybridized carbons (Fsp3) is 0.143. The van der Waals surface area contributed by atoms with Gasteiger partial charge in [-0.25, -0.2) is 12.7 Å². The quantitative estimate of drug-likeness (QED) is 0.478. The van der Waals surface area contributed by atoms with Gasteiger partial charge >= 0.3 is 0 Å². The third-order valence-electron chi connectivity index (χ3n) is 4.25. The summed E-state index contributed by atoms with van der Waals surface area (Å²) < 4.78 is 40.4. The molecule has 1 heterocycles. The Hall–Kier alpha value is -2.35. The minimum Gasteiger partial charge on any atom is -0.488 e. The van der Waals surface area contributed by atoms with Crippen molar-refractivity contribution in [2.24, 2.45) is 0 Å². The van der Waals surface area contributed by atoms with Gasteiger partial charge in [-0.2, -0.15) is 0 Å². The van der Waals surface area contributed by atoms with Crippen LogP contribution < -0.4 is 9.04 Å². The highest BCUT2D eigenvalue weighted by atomic mass is 79.9. The van der Waals surface area contributed by atoms with Crippen molar-refractivity contribution in [2.75, 3.05) is 17.5 Å². The number of nitrogens with zero attached hydrogens (tertiary/aromatic N) is 1. The van der Waals surface area contributed by atoms with Crippen LogP contribution in [0.4, 0.5) is 11.4 Å². The van der Waals surface area contributed by atoms with Crippen LogP contribution in [0.1, 0.15) is 0 Å². The maximum atomic E-state index is 13.8. The number of halogens is 1. The number of epoxide rings is 1. The summed E-state index contributed by atoms with van der Waals surface area (Å²) in [7, 11) is -3.95. The molecule has 1 unspecified atom stereocenters. The topological polar surface area (TPSA) is 59.1 Å². The first-order valence-corrected chi connectivity index (χ1v) is 11.0. The molecule has 7 heteroatoms. The minimum atomic E-state index is -3.95. The van der Waals surface area contributed by atoms with Crippen LogP contribution in [0.3, 0.4) is 0 Å². The predicted octanol–water partition coefficient (Wildman–Crippen LogP) is 4.75. The van der Waals surface area contributed by atoms with Gasteiger partial charge in [-0.15, -0.1) is 0 Å². The van der Waals surface area contributed by atoms with Gasteiger partial charge in [0.05, 0.1) is 22.5 Å². The average molecular weight is 460 g/mol. The van der Waals surface area contributed by atoms with Crippen molar-refractivity contribution in [2.45, 2.75) is 11.0 Å². The van der Waals surface area contributed by atoms with Crippen molar-refractivity contribution in [3.63, 3.8) is 0 Å². The predicted molar refractivity (Wildman–Crippen MR) is 112 cm³/mol. The van der Waals surface area contributed by atoms with E-state index in [1.54, 1.807) is 42.5 Å². The maximum Gasteiger partial charge on any atom is 0.272 e. The number of para-hydroxylation sites is 3. The molecule has 0 amide bonds. The second kappa shape index (κ2) is 7.95. The minimum absolute atomic E-state index is 0.0157. The summed E-state index contributed by atoms with van der Waals surface area (Å²) in [5, 5.41) is 0. The number of ether oxygens (including phenoxy) is 2. The molecule has 28 heavy (non-hydrogen) atoms. The smallest absolute Gasteiger partial charge is 0.272 e. The lowest BCUT2D eigenvalue weighted by Crippen LogP contribution is -2.27. The van der Waals surface area contributed by atoms with Crippen molar-refractivity contribution in [3.8, 4) is 5.75 Å². The van der Waals surface area contributed by atoms with Crippen molar-refractivity contribution in [1.29, 1.82) is 0 Å². The fourth-order valence-electron chi connectivity index (χ4n) is 2.82.